The number of halogens is 1. The predicted molar refractivity (Wildman–Crippen MR) is 154 cm³/mol. The van der Waals surface area contributed by atoms with Crippen LogP contribution >= 0.6 is 11.6 Å². The second-order valence-electron chi connectivity index (χ2n) is 9.94. The molecular formula is C28H36ClN5O3S. The van der Waals surface area contributed by atoms with Crippen molar-refractivity contribution >= 4 is 44.6 Å². The van der Waals surface area contributed by atoms with Gasteiger partial charge in [0.2, 0.25) is 5.95 Å². The van der Waals surface area contributed by atoms with Crippen molar-refractivity contribution in [3.8, 4) is 5.75 Å². The number of anilines is 4. The maximum Gasteiger partial charge on any atom is 0.229 e. The number of aromatic nitrogens is 2. The van der Waals surface area contributed by atoms with Crippen LogP contribution in [0, 0.1) is 6.92 Å². The van der Waals surface area contributed by atoms with E-state index in [9.17, 15) is 8.42 Å². The number of hydrogen-bond acceptors (Lipinski definition) is 8. The Labute approximate surface area is 231 Å². The maximum atomic E-state index is 13.0. The highest BCUT2D eigenvalue weighted by Gasteiger charge is 2.24. The molecule has 204 valence electrons. The number of rotatable bonds is 9. The Kier molecular flexibility index (Phi) is 8.35. The van der Waals surface area contributed by atoms with Gasteiger partial charge in [0.1, 0.15) is 10.8 Å². The molecule has 0 atom stereocenters. The number of hydrogen-bond donors (Lipinski definition) is 3. The number of para-hydroxylation sites is 1. The van der Waals surface area contributed by atoms with Crippen LogP contribution in [0.1, 0.15) is 59.0 Å². The minimum absolute atomic E-state index is 0.00839. The molecule has 10 heteroatoms. The molecule has 1 aliphatic heterocycles. The van der Waals surface area contributed by atoms with Gasteiger partial charge in [-0.1, -0.05) is 23.7 Å². The van der Waals surface area contributed by atoms with E-state index in [1.807, 2.05) is 13.8 Å². The molecule has 3 N–H and O–H groups in total. The van der Waals surface area contributed by atoms with Crippen LogP contribution in [-0.2, 0) is 9.84 Å². The average Bonchev–Trinajstić information content (AvgIpc) is 2.87. The quantitative estimate of drug-likeness (QED) is 0.278. The van der Waals surface area contributed by atoms with Crippen molar-refractivity contribution in [3.05, 3.63) is 58.7 Å². The van der Waals surface area contributed by atoms with Crippen molar-refractivity contribution in [1.29, 1.82) is 0 Å². The third-order valence-corrected chi connectivity index (χ3v) is 8.75. The minimum atomic E-state index is -3.95. The van der Waals surface area contributed by atoms with Gasteiger partial charge >= 0.3 is 0 Å². The van der Waals surface area contributed by atoms with Crippen molar-refractivity contribution in [1.82, 2.24) is 15.3 Å². The zero-order valence-electron chi connectivity index (χ0n) is 23.4. The summed E-state index contributed by atoms with van der Waals surface area (Å²) in [4.78, 5) is 8.87. The summed E-state index contributed by atoms with van der Waals surface area (Å²) >= 11 is 6.41. The van der Waals surface area contributed by atoms with Crippen molar-refractivity contribution in [2.24, 2.45) is 0 Å². The van der Waals surface area contributed by atoms with E-state index in [1.54, 1.807) is 18.2 Å². The normalized spacial score (nSPS) is 15.3. The molecule has 0 aliphatic carbocycles. The topological polar surface area (TPSA) is 105 Å². The van der Waals surface area contributed by atoms with Crippen LogP contribution in [0.4, 0.5) is 23.1 Å². The van der Waals surface area contributed by atoms with Crippen LogP contribution in [0.3, 0.4) is 0 Å². The van der Waals surface area contributed by atoms with Crippen LogP contribution in [0.15, 0.2) is 47.5 Å². The van der Waals surface area contributed by atoms with Crippen molar-refractivity contribution in [3.63, 3.8) is 0 Å². The van der Waals surface area contributed by atoms with Crippen LogP contribution < -0.4 is 20.7 Å². The van der Waals surface area contributed by atoms with Gasteiger partial charge in [-0.05, 0) is 102 Å². The summed E-state index contributed by atoms with van der Waals surface area (Å²) in [5, 5.41) is 8.21. The molecule has 0 saturated carbocycles. The van der Waals surface area contributed by atoms with Gasteiger partial charge in [-0.15, -0.1) is 0 Å². The highest BCUT2D eigenvalue weighted by molar-refractivity contribution is 7.92. The molecule has 1 saturated heterocycles. The minimum Gasteiger partial charge on any atom is -0.489 e. The highest BCUT2D eigenvalue weighted by atomic mass is 35.5. The molecule has 38 heavy (non-hydrogen) atoms. The predicted octanol–water partition coefficient (Wildman–Crippen LogP) is 6.36. The van der Waals surface area contributed by atoms with E-state index in [-0.39, 0.29) is 33.5 Å². The van der Waals surface area contributed by atoms with Gasteiger partial charge in [0.15, 0.2) is 15.7 Å². The van der Waals surface area contributed by atoms with Crippen LogP contribution in [0.5, 0.6) is 5.75 Å². The third-order valence-electron chi connectivity index (χ3n) is 6.47. The highest BCUT2D eigenvalue weighted by Crippen LogP contribution is 2.37. The second-order valence-corrected chi connectivity index (χ2v) is 12.6. The Morgan fingerprint density at radius 1 is 1.11 bits per heavy atom. The van der Waals surface area contributed by atoms with Gasteiger partial charge in [0, 0.05) is 1.37 Å². The zero-order chi connectivity index (χ0) is 28.4. The van der Waals surface area contributed by atoms with Crippen LogP contribution in [0.2, 0.25) is 5.02 Å². The Morgan fingerprint density at radius 2 is 1.82 bits per heavy atom. The number of nitrogens with zero attached hydrogens (tertiary/aromatic N) is 2. The summed E-state index contributed by atoms with van der Waals surface area (Å²) in [7, 11) is -3.95. The lowest BCUT2D eigenvalue weighted by atomic mass is 9.87. The molecule has 0 spiro atoms. The Bertz CT molecular complexity index is 1440. The second kappa shape index (κ2) is 11.9. The number of ether oxygens (including phenoxy) is 1. The SMILES string of the molecule is [2H]C(C)(C)S(=O)(=O)c1ccccc1Nc1nc(Nc2cc(C)c(C3CCNCC3)cc2OC(C)C)ncc1Cl. The first-order valence-electron chi connectivity index (χ1n) is 13.3. The lowest BCUT2D eigenvalue weighted by molar-refractivity contribution is 0.243. The monoisotopic (exact) mass is 558 g/mol. The summed E-state index contributed by atoms with van der Waals surface area (Å²) in [6.07, 6.45) is 3.58. The van der Waals surface area contributed by atoms with Gasteiger partial charge in [0.25, 0.3) is 0 Å². The molecule has 3 aromatic rings. The zero-order valence-corrected chi connectivity index (χ0v) is 24.0. The summed E-state index contributed by atoms with van der Waals surface area (Å²) < 4.78 is 40.4. The van der Waals surface area contributed by atoms with E-state index in [0.29, 0.717) is 11.7 Å². The van der Waals surface area contributed by atoms with Crippen molar-refractivity contribution in [2.45, 2.75) is 69.6 Å². The molecule has 0 bridgehead atoms. The number of benzene rings is 2. The Hall–Kier alpha value is -2.88. The van der Waals surface area contributed by atoms with Gasteiger partial charge < -0.3 is 20.7 Å². The van der Waals surface area contributed by atoms with E-state index in [4.69, 9.17) is 17.7 Å². The van der Waals surface area contributed by atoms with Gasteiger partial charge in [0.05, 0.1) is 33.8 Å². The van der Waals surface area contributed by atoms with E-state index >= 15 is 0 Å². The van der Waals surface area contributed by atoms with Gasteiger partial charge in [-0.2, -0.15) is 4.98 Å². The summed E-state index contributed by atoms with van der Waals surface area (Å²) in [5.74, 6) is 1.69. The third kappa shape index (κ3) is 6.39. The summed E-state index contributed by atoms with van der Waals surface area (Å²) in [5.41, 5.74) is 3.44. The molecule has 1 fully saturated rings. The first-order valence-corrected chi connectivity index (χ1v) is 14.6. The van der Waals surface area contributed by atoms with Crippen LogP contribution in [-0.4, -0.2) is 42.8 Å². The number of sulfone groups is 1. The molecular weight excluding hydrogens is 522 g/mol. The first-order chi connectivity index (χ1) is 18.4. The lowest BCUT2D eigenvalue weighted by Gasteiger charge is -2.26. The number of nitrogens with one attached hydrogen (secondary N) is 3. The van der Waals surface area contributed by atoms with E-state index in [1.165, 1.54) is 31.7 Å². The number of aryl methyl sites for hydroxylation is 1. The Morgan fingerprint density at radius 3 is 2.50 bits per heavy atom. The molecule has 0 radical (unpaired) electrons. The van der Waals surface area contributed by atoms with E-state index in [2.05, 4.69) is 45.0 Å². The summed E-state index contributed by atoms with van der Waals surface area (Å²) in [6.45, 7) is 10.8. The standard InChI is InChI=1S/C28H36ClN5O3S/c1-17(2)37-25-15-21(20-10-12-30-13-11-20)19(5)14-24(25)33-28-31-16-22(29)27(34-28)32-23-8-6-7-9-26(23)38(35,36)18(3)4/h6-9,14-18,20,30H,10-13H2,1-5H3,(H2,31,32,33,34)/i18D. The largest absolute Gasteiger partial charge is 0.489 e. The van der Waals surface area contributed by atoms with Crippen molar-refractivity contribution < 1.29 is 14.5 Å². The molecule has 1 aromatic heterocycles. The smallest absolute Gasteiger partial charge is 0.229 e. The first kappa shape index (κ1) is 26.7. The van der Waals surface area contributed by atoms with E-state index in [0.717, 1.165) is 37.2 Å². The molecule has 0 amide bonds. The molecule has 0 unspecified atom stereocenters. The Balaban J connectivity index is 1.67. The molecule has 2 heterocycles. The van der Waals surface area contributed by atoms with Gasteiger partial charge in [-0.25, -0.2) is 13.4 Å². The van der Waals surface area contributed by atoms with E-state index < -0.39 is 15.1 Å². The fourth-order valence-electron chi connectivity index (χ4n) is 4.51. The lowest BCUT2D eigenvalue weighted by Crippen LogP contribution is -2.27. The fraction of sp³-hybridized carbons (Fsp3) is 0.429. The average molecular weight is 559 g/mol. The summed E-state index contributed by atoms with van der Waals surface area (Å²) in [6, 6.07) is 10.6. The van der Waals surface area contributed by atoms with Crippen LogP contribution in [0.25, 0.3) is 0 Å². The molecule has 8 nitrogen and oxygen atoms in total. The molecule has 2 aromatic carbocycles. The van der Waals surface area contributed by atoms with Crippen molar-refractivity contribution in [2.75, 3.05) is 23.7 Å². The molecule has 1 aliphatic rings. The van der Waals surface area contributed by atoms with Gasteiger partial charge in [-0.3, -0.25) is 0 Å². The molecule has 4 rings (SSSR count). The maximum absolute atomic E-state index is 13.0. The fourth-order valence-corrected chi connectivity index (χ4v) is 5.76. The number of piperidine rings is 1.